The van der Waals surface area contributed by atoms with E-state index in [1.807, 2.05) is 6.92 Å². The van der Waals surface area contributed by atoms with Crippen molar-refractivity contribution >= 4 is 5.91 Å². The normalized spacial score (nSPS) is 28.5. The number of carbonyl (C=O) groups excluding carboxylic acids is 1. The summed E-state index contributed by atoms with van der Waals surface area (Å²) in [4.78, 5) is 11.8. The molecule has 1 rings (SSSR count). The molecule has 0 bridgehead atoms. The largest absolute Gasteiger partial charge is 0.354 e. The smallest absolute Gasteiger partial charge is 0.237 e. The Morgan fingerprint density at radius 3 is 2.76 bits per heavy atom. The number of amides is 1. The first-order chi connectivity index (χ1) is 8.04. The quantitative estimate of drug-likeness (QED) is 0.774. The van der Waals surface area contributed by atoms with E-state index in [4.69, 9.17) is 5.73 Å². The van der Waals surface area contributed by atoms with Crippen LogP contribution >= 0.6 is 0 Å². The van der Waals surface area contributed by atoms with E-state index in [-0.39, 0.29) is 17.9 Å². The van der Waals surface area contributed by atoms with Crippen LogP contribution in [0.4, 0.5) is 0 Å². The van der Waals surface area contributed by atoms with Crippen molar-refractivity contribution in [3.8, 4) is 0 Å². The molecule has 1 amide bonds. The minimum Gasteiger partial charge on any atom is -0.354 e. The van der Waals surface area contributed by atoms with Gasteiger partial charge in [0.25, 0.3) is 0 Å². The fraction of sp³-hybridized carbons (Fsp3) is 0.929. The molecule has 0 radical (unpaired) electrons. The second kappa shape index (κ2) is 7.00. The standard InChI is InChI=1S/C14H28N2O/c1-4-11(3)13(15)14(17)16-9-12-7-5-6-10(2)8-12/h10-13H,4-9,15H2,1-3H3,(H,16,17)/t10?,11-,12?,13-/m0/s1. The lowest BCUT2D eigenvalue weighted by atomic mass is 9.82. The first-order valence-corrected chi connectivity index (χ1v) is 7.07. The molecule has 0 spiro atoms. The molecule has 1 aliphatic carbocycles. The van der Waals surface area contributed by atoms with Crippen LogP contribution in [0.3, 0.4) is 0 Å². The SMILES string of the molecule is CC[C@H](C)[C@H](N)C(=O)NCC1CCCC(C)C1. The number of hydrogen-bond donors (Lipinski definition) is 2. The lowest BCUT2D eigenvalue weighted by Crippen LogP contribution is -2.46. The van der Waals surface area contributed by atoms with Gasteiger partial charge in [-0.1, -0.05) is 40.0 Å². The summed E-state index contributed by atoms with van der Waals surface area (Å²) in [6.07, 6.45) is 6.10. The molecule has 3 heteroatoms. The van der Waals surface area contributed by atoms with Gasteiger partial charge in [-0.05, 0) is 30.6 Å². The van der Waals surface area contributed by atoms with Gasteiger partial charge in [0.2, 0.25) is 5.91 Å². The topological polar surface area (TPSA) is 55.1 Å². The van der Waals surface area contributed by atoms with Crippen molar-refractivity contribution in [1.82, 2.24) is 5.32 Å². The zero-order valence-electron chi connectivity index (χ0n) is 11.5. The van der Waals surface area contributed by atoms with Crippen LogP contribution in [0.15, 0.2) is 0 Å². The Morgan fingerprint density at radius 1 is 1.47 bits per heavy atom. The number of nitrogens with one attached hydrogen (secondary N) is 1. The summed E-state index contributed by atoms with van der Waals surface area (Å²) in [5, 5.41) is 3.02. The fourth-order valence-electron chi connectivity index (χ4n) is 2.62. The third kappa shape index (κ3) is 4.66. The Hall–Kier alpha value is -0.570. The summed E-state index contributed by atoms with van der Waals surface area (Å²) in [7, 11) is 0. The fourth-order valence-corrected chi connectivity index (χ4v) is 2.62. The van der Waals surface area contributed by atoms with E-state index in [2.05, 4.69) is 19.2 Å². The first kappa shape index (κ1) is 14.5. The van der Waals surface area contributed by atoms with Crippen molar-refractivity contribution in [2.24, 2.45) is 23.5 Å². The third-order valence-electron chi connectivity index (χ3n) is 4.17. The average Bonchev–Trinajstić information content (AvgIpc) is 2.34. The molecule has 3 nitrogen and oxygen atoms in total. The van der Waals surface area contributed by atoms with Gasteiger partial charge >= 0.3 is 0 Å². The maximum atomic E-state index is 11.8. The Bertz CT molecular complexity index is 242. The Morgan fingerprint density at radius 2 is 2.18 bits per heavy atom. The zero-order valence-corrected chi connectivity index (χ0v) is 11.5. The van der Waals surface area contributed by atoms with Crippen LogP contribution in [0.1, 0.15) is 52.9 Å². The molecule has 17 heavy (non-hydrogen) atoms. The highest BCUT2D eigenvalue weighted by molar-refractivity contribution is 5.81. The van der Waals surface area contributed by atoms with E-state index in [0.29, 0.717) is 5.92 Å². The first-order valence-electron chi connectivity index (χ1n) is 7.07. The van der Waals surface area contributed by atoms with Gasteiger partial charge in [0.1, 0.15) is 0 Å². The van der Waals surface area contributed by atoms with E-state index in [1.54, 1.807) is 0 Å². The van der Waals surface area contributed by atoms with Crippen LogP contribution in [-0.2, 0) is 4.79 Å². The summed E-state index contributed by atoms with van der Waals surface area (Å²) >= 11 is 0. The van der Waals surface area contributed by atoms with Crippen molar-refractivity contribution < 1.29 is 4.79 Å². The Labute approximate surface area is 106 Å². The zero-order chi connectivity index (χ0) is 12.8. The Balaban J connectivity index is 2.27. The highest BCUT2D eigenvalue weighted by Gasteiger charge is 2.22. The average molecular weight is 240 g/mol. The number of nitrogens with two attached hydrogens (primary N) is 1. The molecule has 0 aliphatic heterocycles. The van der Waals surface area contributed by atoms with E-state index in [1.165, 1.54) is 25.7 Å². The van der Waals surface area contributed by atoms with Gasteiger partial charge in [-0.15, -0.1) is 0 Å². The van der Waals surface area contributed by atoms with Crippen LogP contribution < -0.4 is 11.1 Å². The molecule has 3 N–H and O–H groups in total. The summed E-state index contributed by atoms with van der Waals surface area (Å²) < 4.78 is 0. The number of rotatable bonds is 5. The molecule has 4 atom stereocenters. The van der Waals surface area contributed by atoms with Crippen molar-refractivity contribution in [1.29, 1.82) is 0 Å². The molecule has 0 aromatic heterocycles. The second-order valence-corrected chi connectivity index (χ2v) is 5.79. The molecule has 1 fully saturated rings. The second-order valence-electron chi connectivity index (χ2n) is 5.79. The molecule has 100 valence electrons. The maximum Gasteiger partial charge on any atom is 0.237 e. The van der Waals surface area contributed by atoms with Crippen molar-refractivity contribution in [3.63, 3.8) is 0 Å². The third-order valence-corrected chi connectivity index (χ3v) is 4.17. The minimum absolute atomic E-state index is 0.0255. The van der Waals surface area contributed by atoms with Crippen LogP contribution in [0.2, 0.25) is 0 Å². The molecular formula is C14H28N2O. The number of carbonyl (C=O) groups is 1. The number of hydrogen-bond acceptors (Lipinski definition) is 2. The van der Waals surface area contributed by atoms with Crippen LogP contribution in [0.25, 0.3) is 0 Å². The minimum atomic E-state index is -0.346. The maximum absolute atomic E-state index is 11.8. The molecule has 0 aromatic carbocycles. The van der Waals surface area contributed by atoms with E-state index < -0.39 is 0 Å². The van der Waals surface area contributed by atoms with Gasteiger partial charge in [0, 0.05) is 6.54 Å². The molecular weight excluding hydrogens is 212 g/mol. The molecule has 2 unspecified atom stereocenters. The van der Waals surface area contributed by atoms with Crippen molar-refractivity contribution in [2.45, 2.75) is 58.9 Å². The van der Waals surface area contributed by atoms with Gasteiger partial charge in [-0.25, -0.2) is 0 Å². The summed E-state index contributed by atoms with van der Waals surface area (Å²) in [6, 6.07) is -0.346. The summed E-state index contributed by atoms with van der Waals surface area (Å²) in [5.41, 5.74) is 5.90. The lowest BCUT2D eigenvalue weighted by Gasteiger charge is -2.27. The predicted molar refractivity (Wildman–Crippen MR) is 71.6 cm³/mol. The highest BCUT2D eigenvalue weighted by Crippen LogP contribution is 2.27. The van der Waals surface area contributed by atoms with E-state index >= 15 is 0 Å². The van der Waals surface area contributed by atoms with Gasteiger partial charge in [0.15, 0.2) is 0 Å². The molecule has 0 heterocycles. The van der Waals surface area contributed by atoms with Crippen molar-refractivity contribution in [3.05, 3.63) is 0 Å². The van der Waals surface area contributed by atoms with Crippen LogP contribution in [0, 0.1) is 17.8 Å². The molecule has 1 aliphatic rings. The van der Waals surface area contributed by atoms with Crippen LogP contribution in [-0.4, -0.2) is 18.5 Å². The summed E-state index contributed by atoms with van der Waals surface area (Å²) in [5.74, 6) is 1.76. The highest BCUT2D eigenvalue weighted by atomic mass is 16.2. The molecule has 0 aromatic rings. The summed E-state index contributed by atoms with van der Waals surface area (Å²) in [6.45, 7) is 7.22. The van der Waals surface area contributed by atoms with E-state index in [0.717, 1.165) is 18.9 Å². The monoisotopic (exact) mass is 240 g/mol. The molecule has 0 saturated heterocycles. The van der Waals surface area contributed by atoms with Gasteiger partial charge < -0.3 is 11.1 Å². The lowest BCUT2D eigenvalue weighted by molar-refractivity contribution is -0.123. The predicted octanol–water partition coefficient (Wildman–Crippen LogP) is 2.30. The van der Waals surface area contributed by atoms with Gasteiger partial charge in [-0.3, -0.25) is 4.79 Å². The Kier molecular flexibility index (Phi) is 5.96. The van der Waals surface area contributed by atoms with Crippen LogP contribution in [0.5, 0.6) is 0 Å². The van der Waals surface area contributed by atoms with Crippen molar-refractivity contribution in [2.75, 3.05) is 6.54 Å². The molecule has 1 saturated carbocycles. The van der Waals surface area contributed by atoms with Gasteiger partial charge in [0.05, 0.1) is 6.04 Å². The van der Waals surface area contributed by atoms with E-state index in [9.17, 15) is 4.79 Å². The van der Waals surface area contributed by atoms with Gasteiger partial charge in [-0.2, -0.15) is 0 Å².